The van der Waals surface area contributed by atoms with Crippen LogP contribution in [0.15, 0.2) is 35.9 Å². The average molecular weight is 283 g/mol. The van der Waals surface area contributed by atoms with E-state index in [1.54, 1.807) is 0 Å². The molecule has 0 heterocycles. The Bertz CT molecular complexity index is 238. The van der Waals surface area contributed by atoms with Crippen LogP contribution >= 0.6 is 11.6 Å². The second kappa shape index (κ2) is 17.5. The second-order valence-electron chi connectivity index (χ2n) is 5.10. The third-order valence-electron chi connectivity index (χ3n) is 3.27. The fourth-order valence-corrected chi connectivity index (χ4v) is 2.18. The van der Waals surface area contributed by atoms with Crippen molar-refractivity contribution in [2.45, 2.75) is 77.6 Å². The summed E-state index contributed by atoms with van der Waals surface area (Å²) >= 11 is 5.40. The Morgan fingerprint density at radius 1 is 0.632 bits per heavy atom. The van der Waals surface area contributed by atoms with Crippen molar-refractivity contribution < 1.29 is 0 Å². The molecule has 0 radical (unpaired) electrons. The van der Waals surface area contributed by atoms with E-state index >= 15 is 0 Å². The van der Waals surface area contributed by atoms with Crippen molar-refractivity contribution in [3.63, 3.8) is 0 Å². The van der Waals surface area contributed by atoms with Crippen molar-refractivity contribution in [2.75, 3.05) is 0 Å². The lowest BCUT2D eigenvalue weighted by molar-refractivity contribution is 0.557. The molecule has 0 aromatic carbocycles. The molecule has 110 valence electrons. The summed E-state index contributed by atoms with van der Waals surface area (Å²) in [6, 6.07) is 0. The van der Waals surface area contributed by atoms with E-state index < -0.39 is 0 Å². The van der Waals surface area contributed by atoms with Crippen molar-refractivity contribution in [2.24, 2.45) is 0 Å². The molecule has 0 aromatic heterocycles. The summed E-state index contributed by atoms with van der Waals surface area (Å²) in [6.07, 6.45) is 25.4. The van der Waals surface area contributed by atoms with Gasteiger partial charge in [0.25, 0.3) is 0 Å². The van der Waals surface area contributed by atoms with E-state index in [4.69, 9.17) is 11.6 Å². The van der Waals surface area contributed by atoms with Gasteiger partial charge in [0.1, 0.15) is 0 Å². The predicted octanol–water partition coefficient (Wildman–Crippen LogP) is 7.16. The minimum absolute atomic E-state index is 1.20. The Morgan fingerprint density at radius 2 is 1.16 bits per heavy atom. The lowest BCUT2D eigenvalue weighted by Gasteiger charge is -2.01. The number of rotatable bonds is 13. The molecule has 0 aliphatic rings. The number of unbranched alkanes of at least 4 members (excludes halogenated alkanes) is 10. The summed E-state index contributed by atoms with van der Waals surface area (Å²) in [7, 11) is 0. The molecule has 0 spiro atoms. The van der Waals surface area contributed by atoms with Gasteiger partial charge in [-0.1, -0.05) is 107 Å². The highest BCUT2D eigenvalue weighted by molar-refractivity contribution is 6.25. The summed E-state index contributed by atoms with van der Waals surface area (Å²) in [5, 5.41) is 0. The van der Waals surface area contributed by atoms with Gasteiger partial charge in [0.15, 0.2) is 0 Å². The van der Waals surface area contributed by atoms with Gasteiger partial charge in [-0.3, -0.25) is 0 Å². The molecule has 0 fully saturated rings. The molecule has 0 aliphatic heterocycles. The van der Waals surface area contributed by atoms with E-state index in [-0.39, 0.29) is 0 Å². The average Bonchev–Trinajstić information content (AvgIpc) is 2.43. The Labute approximate surface area is 125 Å². The summed E-state index contributed by atoms with van der Waals surface area (Å²) in [4.78, 5) is 0. The van der Waals surface area contributed by atoms with Gasteiger partial charge < -0.3 is 0 Å². The highest BCUT2D eigenvalue weighted by atomic mass is 35.5. The molecule has 0 amide bonds. The van der Waals surface area contributed by atoms with Crippen molar-refractivity contribution in [3.8, 4) is 0 Å². The maximum absolute atomic E-state index is 5.40. The van der Waals surface area contributed by atoms with Crippen LogP contribution in [0.25, 0.3) is 0 Å². The molecule has 0 aliphatic carbocycles. The SMILES string of the molecule is CCCCCCCCCCCCC=CC=CC=CCl. The first-order valence-electron chi connectivity index (χ1n) is 8.00. The highest BCUT2D eigenvalue weighted by Gasteiger charge is 1.91. The maximum Gasteiger partial charge on any atom is 0.00424 e. The van der Waals surface area contributed by atoms with Crippen LogP contribution in [0.5, 0.6) is 0 Å². The van der Waals surface area contributed by atoms with E-state index in [0.29, 0.717) is 0 Å². The molecular formula is C18H31Cl. The van der Waals surface area contributed by atoms with Crippen LogP contribution < -0.4 is 0 Å². The Balaban J connectivity index is 3.10. The molecule has 0 nitrogen and oxygen atoms in total. The predicted molar refractivity (Wildman–Crippen MR) is 89.7 cm³/mol. The summed E-state index contributed by atoms with van der Waals surface area (Å²) < 4.78 is 0. The summed E-state index contributed by atoms with van der Waals surface area (Å²) in [5.41, 5.74) is 1.52. The first kappa shape index (κ1) is 18.5. The summed E-state index contributed by atoms with van der Waals surface area (Å²) in [5.74, 6) is 0. The van der Waals surface area contributed by atoms with Gasteiger partial charge in [0.2, 0.25) is 0 Å². The zero-order valence-electron chi connectivity index (χ0n) is 12.6. The number of hydrogen-bond donors (Lipinski definition) is 0. The van der Waals surface area contributed by atoms with Crippen LogP contribution in [0.1, 0.15) is 77.6 Å². The van der Waals surface area contributed by atoms with E-state index in [1.165, 1.54) is 76.2 Å². The fourth-order valence-electron chi connectivity index (χ4n) is 2.09. The van der Waals surface area contributed by atoms with E-state index in [9.17, 15) is 0 Å². The van der Waals surface area contributed by atoms with Crippen LogP contribution in [0.2, 0.25) is 0 Å². The minimum Gasteiger partial charge on any atom is -0.0930 e. The molecule has 0 unspecified atom stereocenters. The standard InChI is InChI=1S/C18H31Cl/c1-2-3-4-5-6-7-8-9-10-11-12-13-14-15-16-17-18-19/h13-18H,2-12H2,1H3. The van der Waals surface area contributed by atoms with Crippen molar-refractivity contribution in [1.29, 1.82) is 0 Å². The fraction of sp³-hybridized carbons (Fsp3) is 0.667. The smallest absolute Gasteiger partial charge is 0.00424 e. The molecule has 19 heavy (non-hydrogen) atoms. The van der Waals surface area contributed by atoms with Gasteiger partial charge in [-0.2, -0.15) is 0 Å². The van der Waals surface area contributed by atoms with E-state index in [2.05, 4.69) is 19.1 Å². The van der Waals surface area contributed by atoms with Crippen LogP contribution in [0, 0.1) is 0 Å². The molecular weight excluding hydrogens is 252 g/mol. The molecule has 0 atom stereocenters. The normalized spacial score (nSPS) is 12.3. The van der Waals surface area contributed by atoms with Crippen LogP contribution in [0.3, 0.4) is 0 Å². The monoisotopic (exact) mass is 282 g/mol. The van der Waals surface area contributed by atoms with Gasteiger partial charge in [0, 0.05) is 5.54 Å². The molecule has 0 bridgehead atoms. The first-order chi connectivity index (χ1) is 9.41. The van der Waals surface area contributed by atoms with Gasteiger partial charge in [0.05, 0.1) is 0 Å². The van der Waals surface area contributed by atoms with Crippen molar-refractivity contribution in [1.82, 2.24) is 0 Å². The molecule has 0 N–H and O–H groups in total. The van der Waals surface area contributed by atoms with E-state index in [1.807, 2.05) is 18.2 Å². The number of hydrogen-bond acceptors (Lipinski definition) is 0. The zero-order valence-corrected chi connectivity index (χ0v) is 13.4. The van der Waals surface area contributed by atoms with Gasteiger partial charge in [-0.05, 0) is 12.8 Å². The number of allylic oxidation sites excluding steroid dienone is 5. The number of halogens is 1. The summed E-state index contributed by atoms with van der Waals surface area (Å²) in [6.45, 7) is 2.28. The largest absolute Gasteiger partial charge is 0.0930 e. The topological polar surface area (TPSA) is 0 Å². The third kappa shape index (κ3) is 17.5. The second-order valence-corrected chi connectivity index (χ2v) is 5.35. The zero-order chi connectivity index (χ0) is 14.0. The lowest BCUT2D eigenvalue weighted by Crippen LogP contribution is -1.81. The molecule has 0 aromatic rings. The van der Waals surface area contributed by atoms with Crippen molar-refractivity contribution >= 4 is 11.6 Å². The van der Waals surface area contributed by atoms with Crippen molar-refractivity contribution in [3.05, 3.63) is 35.9 Å². The Hall–Kier alpha value is -0.490. The van der Waals surface area contributed by atoms with Crippen LogP contribution in [-0.4, -0.2) is 0 Å². The third-order valence-corrected chi connectivity index (χ3v) is 3.41. The van der Waals surface area contributed by atoms with Gasteiger partial charge in [-0.25, -0.2) is 0 Å². The first-order valence-corrected chi connectivity index (χ1v) is 8.44. The highest BCUT2D eigenvalue weighted by Crippen LogP contribution is 2.11. The Morgan fingerprint density at radius 3 is 1.74 bits per heavy atom. The molecule has 1 heteroatoms. The van der Waals surface area contributed by atoms with Gasteiger partial charge >= 0.3 is 0 Å². The maximum atomic E-state index is 5.40. The molecule has 0 saturated heterocycles. The van der Waals surface area contributed by atoms with Crippen LogP contribution in [-0.2, 0) is 0 Å². The van der Waals surface area contributed by atoms with Gasteiger partial charge in [-0.15, -0.1) is 0 Å². The lowest BCUT2D eigenvalue weighted by atomic mass is 10.1. The van der Waals surface area contributed by atoms with Crippen LogP contribution in [0.4, 0.5) is 0 Å². The molecule has 0 rings (SSSR count). The van der Waals surface area contributed by atoms with E-state index in [0.717, 1.165) is 0 Å². The quantitative estimate of drug-likeness (QED) is 0.248. The minimum atomic E-state index is 1.20. The molecule has 0 saturated carbocycles. The Kier molecular flexibility index (Phi) is 17.1.